The maximum atomic E-state index is 14.3. The van der Waals surface area contributed by atoms with Crippen molar-refractivity contribution in [3.63, 3.8) is 0 Å². The van der Waals surface area contributed by atoms with Crippen LogP contribution < -0.4 is 5.32 Å². The molecule has 0 aliphatic carbocycles. The molecule has 3 heterocycles. The van der Waals surface area contributed by atoms with Gasteiger partial charge >= 0.3 is 0 Å². The highest BCUT2D eigenvalue weighted by atomic mass is 35.5. The van der Waals surface area contributed by atoms with Gasteiger partial charge in [0.15, 0.2) is 11.6 Å². The van der Waals surface area contributed by atoms with Gasteiger partial charge in [-0.3, -0.25) is 19.5 Å². The number of carbonyl (C=O) groups is 2. The molecule has 1 saturated heterocycles. The van der Waals surface area contributed by atoms with E-state index in [1.807, 2.05) is 6.07 Å². The minimum atomic E-state index is -0.903. The second-order valence-electron chi connectivity index (χ2n) is 7.23. The van der Waals surface area contributed by atoms with Gasteiger partial charge in [-0.1, -0.05) is 23.2 Å². The Kier molecular flexibility index (Phi) is 6.86. The van der Waals surface area contributed by atoms with Gasteiger partial charge in [0.25, 0.3) is 5.91 Å². The Bertz CT molecular complexity index is 1140. The van der Waals surface area contributed by atoms with E-state index < -0.39 is 17.5 Å². The predicted molar refractivity (Wildman–Crippen MR) is 119 cm³/mol. The number of H-pyrrole nitrogens is 1. The van der Waals surface area contributed by atoms with E-state index >= 15 is 0 Å². The minimum Gasteiger partial charge on any atom is -0.379 e. The number of hydrogen-bond acceptors (Lipinski definition) is 5. The van der Waals surface area contributed by atoms with Gasteiger partial charge in [-0.15, -0.1) is 0 Å². The number of hydrogen-bond donors (Lipinski definition) is 2. The number of pyridine rings is 1. The third kappa shape index (κ3) is 4.99. The summed E-state index contributed by atoms with van der Waals surface area (Å²) in [6, 6.07) is 7.55. The summed E-state index contributed by atoms with van der Waals surface area (Å²) in [5, 5.41) is 2.44. The summed E-state index contributed by atoms with van der Waals surface area (Å²) in [5.41, 5.74) is 1.26. The number of morpholine rings is 1. The summed E-state index contributed by atoms with van der Waals surface area (Å²) in [7, 11) is 0. The van der Waals surface area contributed by atoms with Crippen molar-refractivity contribution in [2.24, 2.45) is 0 Å². The number of carbonyl (C=O) groups excluding carboxylic acids is 2. The lowest BCUT2D eigenvalue weighted by molar-refractivity contribution is 0.0336. The molecule has 0 bridgehead atoms. The standard InChI is InChI=1S/C22H19Cl2FN4O3/c23-16-3-4-17(24)20(25)19(16)21(30)13-9-18(27-10-13)22(31)28-14-1-2-15(26-11-14)12-29-5-7-32-8-6-29/h1-4,9-11,27H,5-8,12H2,(H,28,31). The number of nitrogens with zero attached hydrogens (tertiary/aromatic N) is 2. The molecule has 2 N–H and O–H groups in total. The Balaban J connectivity index is 1.42. The molecular formula is C22H19Cl2FN4O3. The molecule has 7 nitrogen and oxygen atoms in total. The molecule has 1 aliphatic heterocycles. The Hall–Kier alpha value is -2.78. The van der Waals surface area contributed by atoms with Gasteiger partial charge in [-0.25, -0.2) is 4.39 Å². The average Bonchev–Trinajstić information content (AvgIpc) is 3.29. The molecular weight excluding hydrogens is 458 g/mol. The fourth-order valence-corrected chi connectivity index (χ4v) is 3.70. The summed E-state index contributed by atoms with van der Waals surface area (Å²) in [6.45, 7) is 3.86. The third-order valence-corrected chi connectivity index (χ3v) is 5.64. The molecule has 0 spiro atoms. The van der Waals surface area contributed by atoms with Gasteiger partial charge in [-0.05, 0) is 30.3 Å². The summed E-state index contributed by atoms with van der Waals surface area (Å²) in [5.74, 6) is -2.05. The number of nitrogens with one attached hydrogen (secondary N) is 2. The predicted octanol–water partition coefficient (Wildman–Crippen LogP) is 4.17. The Morgan fingerprint density at radius 2 is 1.91 bits per heavy atom. The molecule has 0 saturated carbocycles. The van der Waals surface area contributed by atoms with Crippen LogP contribution in [0.2, 0.25) is 10.0 Å². The molecule has 166 valence electrons. The zero-order chi connectivity index (χ0) is 22.7. The van der Waals surface area contributed by atoms with E-state index in [-0.39, 0.29) is 26.9 Å². The highest BCUT2D eigenvalue weighted by Gasteiger charge is 2.22. The van der Waals surface area contributed by atoms with Crippen LogP contribution >= 0.6 is 23.2 Å². The van der Waals surface area contributed by atoms with Crippen molar-refractivity contribution < 1.29 is 18.7 Å². The molecule has 1 aliphatic rings. The highest BCUT2D eigenvalue weighted by molar-refractivity contribution is 6.37. The van der Waals surface area contributed by atoms with E-state index in [0.717, 1.165) is 18.8 Å². The lowest BCUT2D eigenvalue weighted by Crippen LogP contribution is -2.35. The number of aromatic nitrogens is 2. The van der Waals surface area contributed by atoms with E-state index in [1.54, 1.807) is 12.3 Å². The van der Waals surface area contributed by atoms with Gasteiger partial charge in [0.2, 0.25) is 0 Å². The van der Waals surface area contributed by atoms with E-state index in [9.17, 15) is 14.0 Å². The van der Waals surface area contributed by atoms with E-state index in [2.05, 4.69) is 20.2 Å². The normalized spacial score (nSPS) is 14.3. The molecule has 0 atom stereocenters. The van der Waals surface area contributed by atoms with Gasteiger partial charge in [0.1, 0.15) is 5.69 Å². The number of anilines is 1. The molecule has 32 heavy (non-hydrogen) atoms. The van der Waals surface area contributed by atoms with Crippen LogP contribution in [0.4, 0.5) is 10.1 Å². The van der Waals surface area contributed by atoms with Crippen LogP contribution in [0.25, 0.3) is 0 Å². The minimum absolute atomic E-state index is 0.0626. The van der Waals surface area contributed by atoms with Crippen LogP contribution in [0.3, 0.4) is 0 Å². The lowest BCUT2D eigenvalue weighted by atomic mass is 10.0. The molecule has 0 radical (unpaired) electrons. The van der Waals surface area contributed by atoms with Crippen molar-refractivity contribution >= 4 is 40.6 Å². The molecule has 10 heteroatoms. The van der Waals surface area contributed by atoms with E-state index in [1.165, 1.54) is 24.4 Å². The quantitative estimate of drug-likeness (QED) is 0.411. The largest absolute Gasteiger partial charge is 0.379 e. The molecule has 4 rings (SSSR count). The SMILES string of the molecule is O=C(Nc1ccc(CN2CCOCC2)nc1)c1cc(C(=O)c2c(Cl)ccc(Cl)c2F)c[nH]1. The lowest BCUT2D eigenvalue weighted by Gasteiger charge is -2.26. The first-order valence-electron chi connectivity index (χ1n) is 9.85. The first-order chi connectivity index (χ1) is 15.4. The van der Waals surface area contributed by atoms with Gasteiger partial charge in [0.05, 0.1) is 46.4 Å². The number of rotatable bonds is 6. The van der Waals surface area contributed by atoms with Crippen molar-refractivity contribution in [2.45, 2.75) is 6.54 Å². The Morgan fingerprint density at radius 3 is 2.62 bits per heavy atom. The maximum Gasteiger partial charge on any atom is 0.272 e. The van der Waals surface area contributed by atoms with Crippen LogP contribution in [0.15, 0.2) is 42.7 Å². The van der Waals surface area contributed by atoms with Crippen LogP contribution in [-0.4, -0.2) is 52.9 Å². The number of amides is 1. The van der Waals surface area contributed by atoms with E-state index in [0.29, 0.717) is 25.4 Å². The summed E-state index contributed by atoms with van der Waals surface area (Å²) >= 11 is 11.7. The highest BCUT2D eigenvalue weighted by Crippen LogP contribution is 2.28. The van der Waals surface area contributed by atoms with Crippen molar-refractivity contribution in [3.8, 4) is 0 Å². The summed E-state index contributed by atoms with van der Waals surface area (Å²) in [4.78, 5) is 34.6. The molecule has 3 aromatic rings. The Morgan fingerprint density at radius 1 is 1.16 bits per heavy atom. The molecule has 1 aromatic carbocycles. The maximum absolute atomic E-state index is 14.3. The van der Waals surface area contributed by atoms with Crippen LogP contribution in [-0.2, 0) is 11.3 Å². The third-order valence-electron chi connectivity index (χ3n) is 5.03. The van der Waals surface area contributed by atoms with Crippen molar-refractivity contribution in [1.82, 2.24) is 14.9 Å². The topological polar surface area (TPSA) is 87.3 Å². The van der Waals surface area contributed by atoms with E-state index in [4.69, 9.17) is 27.9 Å². The average molecular weight is 477 g/mol. The zero-order valence-corrected chi connectivity index (χ0v) is 18.3. The van der Waals surface area contributed by atoms with Crippen molar-refractivity contribution in [1.29, 1.82) is 0 Å². The number of aromatic amines is 1. The fraction of sp³-hybridized carbons (Fsp3) is 0.227. The number of ketones is 1. The van der Waals surface area contributed by atoms with Crippen LogP contribution in [0.5, 0.6) is 0 Å². The first-order valence-corrected chi connectivity index (χ1v) is 10.6. The van der Waals surface area contributed by atoms with Crippen LogP contribution in [0, 0.1) is 5.82 Å². The summed E-state index contributed by atoms with van der Waals surface area (Å²) < 4.78 is 19.6. The van der Waals surface area contributed by atoms with Crippen molar-refractivity contribution in [2.75, 3.05) is 31.6 Å². The number of benzene rings is 1. The van der Waals surface area contributed by atoms with Gasteiger partial charge in [-0.2, -0.15) is 0 Å². The monoisotopic (exact) mass is 476 g/mol. The second-order valence-corrected chi connectivity index (χ2v) is 8.04. The molecule has 1 fully saturated rings. The fourth-order valence-electron chi connectivity index (χ4n) is 3.31. The molecule has 0 unspecified atom stereocenters. The molecule has 2 aromatic heterocycles. The number of halogens is 3. The zero-order valence-electron chi connectivity index (χ0n) is 16.8. The second kappa shape index (κ2) is 9.79. The Labute approximate surface area is 193 Å². The summed E-state index contributed by atoms with van der Waals surface area (Å²) in [6.07, 6.45) is 2.89. The van der Waals surface area contributed by atoms with Crippen molar-refractivity contribution in [3.05, 3.63) is 81.1 Å². The van der Waals surface area contributed by atoms with Gasteiger partial charge in [0, 0.05) is 31.4 Å². The smallest absolute Gasteiger partial charge is 0.272 e. The first kappa shape index (κ1) is 22.4. The van der Waals surface area contributed by atoms with Gasteiger partial charge < -0.3 is 15.0 Å². The van der Waals surface area contributed by atoms with Crippen LogP contribution in [0.1, 0.15) is 32.1 Å². The molecule has 1 amide bonds. The number of ether oxygens (including phenoxy) is 1.